The fourth-order valence-electron chi connectivity index (χ4n) is 7.32. The highest BCUT2D eigenvalue weighted by Crippen LogP contribution is 2.60. The van der Waals surface area contributed by atoms with E-state index in [9.17, 15) is 24.3 Å². The van der Waals surface area contributed by atoms with E-state index in [2.05, 4.69) is 34.4 Å². The molecule has 3 saturated heterocycles. The molecule has 0 aromatic heterocycles. The van der Waals surface area contributed by atoms with E-state index in [4.69, 9.17) is 9.47 Å². The van der Waals surface area contributed by atoms with Crippen LogP contribution < -0.4 is 5.32 Å². The lowest BCUT2D eigenvalue weighted by Gasteiger charge is -2.41. The van der Waals surface area contributed by atoms with Crippen molar-refractivity contribution in [2.75, 3.05) is 26.2 Å². The third-order valence-electron chi connectivity index (χ3n) is 9.21. The van der Waals surface area contributed by atoms with Gasteiger partial charge in [0.25, 0.3) is 0 Å². The van der Waals surface area contributed by atoms with Crippen molar-refractivity contribution in [1.29, 1.82) is 0 Å². The first-order chi connectivity index (χ1) is 20.2. The van der Waals surface area contributed by atoms with Crippen LogP contribution in [-0.2, 0) is 28.7 Å². The van der Waals surface area contributed by atoms with Crippen molar-refractivity contribution >= 4 is 39.6 Å². The van der Waals surface area contributed by atoms with Crippen LogP contribution in [0.2, 0.25) is 0 Å². The number of carbonyl (C=O) groups excluding carboxylic acids is 4. The molecule has 3 aliphatic heterocycles. The summed E-state index contributed by atoms with van der Waals surface area (Å²) < 4.78 is 12.4. The summed E-state index contributed by atoms with van der Waals surface area (Å²) in [7, 11) is 0. The average molecular weight is 653 g/mol. The minimum absolute atomic E-state index is 0.0150. The maximum Gasteiger partial charge on any atom is 0.312 e. The summed E-state index contributed by atoms with van der Waals surface area (Å²) >= 11 is 3.70. The quantitative estimate of drug-likeness (QED) is 0.121. The highest BCUT2D eigenvalue weighted by molar-refractivity contribution is 9.09. The molecular formula is C31H46BrN3O7. The average Bonchev–Trinajstić information content (AvgIpc) is 3.57. The van der Waals surface area contributed by atoms with Crippen molar-refractivity contribution in [3.8, 4) is 0 Å². The van der Waals surface area contributed by atoms with Crippen molar-refractivity contribution < 1.29 is 33.8 Å². The summed E-state index contributed by atoms with van der Waals surface area (Å²) in [6, 6.07) is -0.809. The third kappa shape index (κ3) is 6.48. The highest BCUT2D eigenvalue weighted by Gasteiger charge is 2.77. The Balaban J connectivity index is 1.59. The van der Waals surface area contributed by atoms with E-state index >= 15 is 0 Å². The van der Waals surface area contributed by atoms with E-state index in [0.717, 1.165) is 32.1 Å². The topological polar surface area (TPSA) is 125 Å². The molecule has 0 aromatic rings. The first-order valence-corrected chi connectivity index (χ1v) is 16.3. The van der Waals surface area contributed by atoms with Crippen molar-refractivity contribution in [3.63, 3.8) is 0 Å². The Morgan fingerprint density at radius 3 is 2.64 bits per heavy atom. The highest BCUT2D eigenvalue weighted by atomic mass is 79.9. The number of esters is 1. The molecule has 4 rings (SSSR count). The van der Waals surface area contributed by atoms with Crippen LogP contribution in [0.1, 0.15) is 71.1 Å². The fourth-order valence-corrected chi connectivity index (χ4v) is 8.26. The van der Waals surface area contributed by atoms with Gasteiger partial charge in [0, 0.05) is 37.0 Å². The second-order valence-corrected chi connectivity index (χ2v) is 13.3. The minimum atomic E-state index is -1.16. The number of hydrogen-bond donors (Lipinski definition) is 2. The molecule has 0 radical (unpaired) electrons. The largest absolute Gasteiger partial charge is 0.460 e. The molecule has 234 valence electrons. The Labute approximate surface area is 257 Å². The lowest BCUT2D eigenvalue weighted by molar-refractivity contribution is -0.159. The van der Waals surface area contributed by atoms with Crippen LogP contribution in [0.3, 0.4) is 0 Å². The number of rotatable bonds is 15. The summed E-state index contributed by atoms with van der Waals surface area (Å²) in [6.07, 6.45) is 9.52. The number of nitrogens with zero attached hydrogens (tertiary/aromatic N) is 2. The predicted octanol–water partition coefficient (Wildman–Crippen LogP) is 2.87. The summed E-state index contributed by atoms with van der Waals surface area (Å²) in [5.41, 5.74) is -1.16. The smallest absolute Gasteiger partial charge is 0.312 e. The summed E-state index contributed by atoms with van der Waals surface area (Å²) in [5.74, 6) is -2.88. The molecule has 1 spiro atoms. The van der Waals surface area contributed by atoms with Gasteiger partial charge < -0.3 is 29.7 Å². The van der Waals surface area contributed by atoms with Crippen LogP contribution in [0.25, 0.3) is 0 Å². The standard InChI is InChI=1S/C31H46BrN3O7/c1-4-6-14-23(37)33-19-20(3)41-30(40)24-25-28(38)35(16-10-11-17-36)27(31(25)18-22(32)26(24)42-31)29(39)34(15-5-2)21-12-8-7-9-13-21/h4-5,20-22,24-27,36H,1-2,6-19H2,3H3,(H,33,37)/t20-,22?,24-,25+,26-,27-,31+/m0/s1. The van der Waals surface area contributed by atoms with Crippen molar-refractivity contribution in [2.45, 2.75) is 106 Å². The number of aliphatic hydroxyl groups excluding tert-OH is 1. The molecule has 0 aromatic carbocycles. The van der Waals surface area contributed by atoms with Gasteiger partial charge in [-0.15, -0.1) is 13.2 Å². The molecule has 1 saturated carbocycles. The fraction of sp³-hybridized carbons (Fsp3) is 0.742. The molecule has 7 atom stereocenters. The number of nitrogens with one attached hydrogen (secondary N) is 1. The maximum absolute atomic E-state index is 14.5. The lowest BCUT2D eigenvalue weighted by atomic mass is 9.70. The Bertz CT molecular complexity index is 1030. The predicted molar refractivity (Wildman–Crippen MR) is 161 cm³/mol. The molecule has 3 heterocycles. The Kier molecular flexibility index (Phi) is 11.3. The van der Waals surface area contributed by atoms with Gasteiger partial charge >= 0.3 is 5.97 Å². The zero-order valence-electron chi connectivity index (χ0n) is 24.7. The van der Waals surface area contributed by atoms with Gasteiger partial charge in [0.2, 0.25) is 17.7 Å². The molecule has 11 heteroatoms. The lowest BCUT2D eigenvalue weighted by Crippen LogP contribution is -2.58. The number of ether oxygens (including phenoxy) is 2. The number of amides is 3. The Morgan fingerprint density at radius 1 is 1.24 bits per heavy atom. The van der Waals surface area contributed by atoms with E-state index in [1.807, 2.05) is 4.90 Å². The van der Waals surface area contributed by atoms with E-state index in [1.54, 1.807) is 24.0 Å². The molecule has 3 amide bonds. The molecule has 4 aliphatic rings. The molecule has 1 aliphatic carbocycles. The van der Waals surface area contributed by atoms with E-state index in [-0.39, 0.29) is 48.3 Å². The molecule has 42 heavy (non-hydrogen) atoms. The number of likely N-dealkylation sites (tertiary alicyclic amines) is 1. The van der Waals surface area contributed by atoms with E-state index in [0.29, 0.717) is 38.6 Å². The van der Waals surface area contributed by atoms with Crippen LogP contribution in [0, 0.1) is 11.8 Å². The van der Waals surface area contributed by atoms with Gasteiger partial charge in [-0.3, -0.25) is 19.2 Å². The minimum Gasteiger partial charge on any atom is -0.460 e. The number of aliphatic hydroxyl groups is 1. The number of halogens is 1. The van der Waals surface area contributed by atoms with Gasteiger partial charge in [-0.1, -0.05) is 47.3 Å². The van der Waals surface area contributed by atoms with Crippen molar-refractivity contribution in [1.82, 2.24) is 15.1 Å². The maximum atomic E-state index is 14.5. The molecule has 2 N–H and O–H groups in total. The van der Waals surface area contributed by atoms with Gasteiger partial charge in [0.1, 0.15) is 17.7 Å². The van der Waals surface area contributed by atoms with Crippen LogP contribution in [0.15, 0.2) is 25.3 Å². The van der Waals surface area contributed by atoms with Gasteiger partial charge in [-0.25, -0.2) is 0 Å². The number of unbranched alkanes of at least 4 members (excludes halogenated alkanes) is 1. The molecule has 1 unspecified atom stereocenters. The first-order valence-electron chi connectivity index (χ1n) is 15.4. The third-order valence-corrected chi connectivity index (χ3v) is 10.1. The number of fused-ring (bicyclic) bond motifs is 1. The van der Waals surface area contributed by atoms with Crippen molar-refractivity contribution in [3.05, 3.63) is 25.3 Å². The van der Waals surface area contributed by atoms with Crippen LogP contribution in [-0.4, -0.2) is 99.6 Å². The normalized spacial score (nSPS) is 31.0. The van der Waals surface area contributed by atoms with Gasteiger partial charge in [-0.05, 0) is 45.4 Å². The Hall–Kier alpha value is -2.24. The molecular weight excluding hydrogens is 606 g/mol. The van der Waals surface area contributed by atoms with Crippen LogP contribution >= 0.6 is 15.9 Å². The van der Waals surface area contributed by atoms with Gasteiger partial charge in [0.15, 0.2) is 0 Å². The zero-order valence-corrected chi connectivity index (χ0v) is 26.3. The first kappa shape index (κ1) is 32.7. The summed E-state index contributed by atoms with van der Waals surface area (Å²) in [4.78, 5) is 57.6. The number of alkyl halides is 1. The van der Waals surface area contributed by atoms with Crippen molar-refractivity contribution in [2.24, 2.45) is 11.8 Å². The SMILES string of the molecule is C=CCCC(=O)NC[C@H](C)OC(=O)[C@@H]1[C@H]2O[C@@]3(CC2Br)[C@H](C(=O)N(CC=C)C2CCCCC2)N(CCCCO)C(=O)[C@@H]13. The Morgan fingerprint density at radius 2 is 1.98 bits per heavy atom. The summed E-state index contributed by atoms with van der Waals surface area (Å²) in [6.45, 7) is 10.0. The van der Waals surface area contributed by atoms with Gasteiger partial charge in [-0.2, -0.15) is 0 Å². The zero-order chi connectivity index (χ0) is 30.4. The molecule has 4 fully saturated rings. The van der Waals surface area contributed by atoms with E-state index in [1.165, 1.54) is 0 Å². The number of allylic oxidation sites excluding steroid dienone is 1. The van der Waals surface area contributed by atoms with Gasteiger partial charge in [0.05, 0.1) is 24.5 Å². The van der Waals surface area contributed by atoms with E-state index < -0.39 is 41.7 Å². The second kappa shape index (κ2) is 14.5. The summed E-state index contributed by atoms with van der Waals surface area (Å²) in [5, 5.41) is 12.2. The van der Waals surface area contributed by atoms with Crippen LogP contribution in [0.5, 0.6) is 0 Å². The number of hydrogen-bond acceptors (Lipinski definition) is 7. The monoisotopic (exact) mass is 651 g/mol. The number of carbonyl (C=O) groups is 4. The second-order valence-electron chi connectivity index (χ2n) is 12.1. The molecule has 2 bridgehead atoms. The molecule has 10 nitrogen and oxygen atoms in total. The van der Waals surface area contributed by atoms with Crippen LogP contribution in [0.4, 0.5) is 0 Å².